The second kappa shape index (κ2) is 9.11. The van der Waals surface area contributed by atoms with Crippen molar-refractivity contribution in [3.63, 3.8) is 0 Å². The lowest BCUT2D eigenvalue weighted by Gasteiger charge is -2.17. The summed E-state index contributed by atoms with van der Waals surface area (Å²) in [5, 5.41) is 0. The van der Waals surface area contributed by atoms with Crippen LogP contribution < -0.4 is 9.64 Å². The number of carbonyl (C=O) groups excluding carboxylic acids is 1. The fourth-order valence-electron chi connectivity index (χ4n) is 1.85. The van der Waals surface area contributed by atoms with Crippen LogP contribution in [0.4, 0.5) is 5.69 Å². The van der Waals surface area contributed by atoms with E-state index in [4.69, 9.17) is 16.3 Å². The molecule has 0 unspecified atom stereocenters. The number of methoxy groups -OCH3 is 1. The van der Waals surface area contributed by atoms with E-state index in [0.29, 0.717) is 11.4 Å². The number of nitrogens with zero attached hydrogens (tertiary/aromatic N) is 1. The molecule has 3 nitrogen and oxygen atoms in total. The molecule has 4 heteroatoms. The molecule has 0 atom stereocenters. The summed E-state index contributed by atoms with van der Waals surface area (Å²) in [6, 6.07) is 14.7. The van der Waals surface area contributed by atoms with Gasteiger partial charge in [-0.1, -0.05) is 26.0 Å². The first-order valence-electron chi connectivity index (χ1n) is 7.22. The van der Waals surface area contributed by atoms with Gasteiger partial charge < -0.3 is 9.64 Å². The van der Waals surface area contributed by atoms with Crippen LogP contribution in [0.2, 0.25) is 0 Å². The van der Waals surface area contributed by atoms with Gasteiger partial charge in [0.05, 0.1) is 7.11 Å². The molecule has 0 heterocycles. The number of alkyl halides is 1. The van der Waals surface area contributed by atoms with Crippen molar-refractivity contribution in [2.45, 2.75) is 19.7 Å². The highest BCUT2D eigenvalue weighted by molar-refractivity contribution is 6.17. The van der Waals surface area contributed by atoms with Gasteiger partial charge in [0.25, 0.3) is 5.91 Å². The Morgan fingerprint density at radius 1 is 1.05 bits per heavy atom. The highest BCUT2D eigenvalue weighted by Crippen LogP contribution is 2.20. The Labute approximate surface area is 137 Å². The topological polar surface area (TPSA) is 29.5 Å². The van der Waals surface area contributed by atoms with E-state index in [1.807, 2.05) is 50.2 Å². The summed E-state index contributed by atoms with van der Waals surface area (Å²) < 4.78 is 5.10. The summed E-state index contributed by atoms with van der Waals surface area (Å²) in [6.07, 6.45) is 0. The molecule has 0 aliphatic heterocycles. The van der Waals surface area contributed by atoms with Gasteiger partial charge in [-0.3, -0.25) is 4.79 Å². The first-order chi connectivity index (χ1) is 10.7. The maximum Gasteiger partial charge on any atom is 0.258 e. The molecule has 22 heavy (non-hydrogen) atoms. The van der Waals surface area contributed by atoms with Gasteiger partial charge in [-0.25, -0.2) is 0 Å². The fourth-order valence-corrected chi connectivity index (χ4v) is 2.03. The summed E-state index contributed by atoms with van der Waals surface area (Å²) in [7, 11) is 3.36. The molecule has 0 bridgehead atoms. The van der Waals surface area contributed by atoms with Crippen LogP contribution in [0.5, 0.6) is 5.75 Å². The summed E-state index contributed by atoms with van der Waals surface area (Å²) in [5.41, 5.74) is 2.45. The van der Waals surface area contributed by atoms with Gasteiger partial charge in [-0.05, 0) is 42.0 Å². The van der Waals surface area contributed by atoms with Crippen LogP contribution in [-0.4, -0.2) is 20.1 Å². The quantitative estimate of drug-likeness (QED) is 0.762. The van der Waals surface area contributed by atoms with Crippen LogP contribution in [-0.2, 0) is 5.88 Å². The number of benzene rings is 2. The van der Waals surface area contributed by atoms with Crippen molar-refractivity contribution in [2.75, 3.05) is 19.1 Å². The van der Waals surface area contributed by atoms with E-state index in [1.54, 1.807) is 31.2 Å². The normalized spacial score (nSPS) is 9.50. The number of halogens is 1. The zero-order chi connectivity index (χ0) is 16.5. The van der Waals surface area contributed by atoms with Crippen molar-refractivity contribution in [1.82, 2.24) is 0 Å². The molecule has 0 spiro atoms. The lowest BCUT2D eigenvalue weighted by Crippen LogP contribution is -2.26. The van der Waals surface area contributed by atoms with E-state index in [9.17, 15) is 4.79 Å². The summed E-state index contributed by atoms with van der Waals surface area (Å²) in [5.74, 6) is 1.15. The number of rotatable bonds is 4. The smallest absolute Gasteiger partial charge is 0.258 e. The lowest BCUT2D eigenvalue weighted by atomic mass is 10.1. The third-order valence-corrected chi connectivity index (χ3v) is 3.43. The van der Waals surface area contributed by atoms with E-state index >= 15 is 0 Å². The van der Waals surface area contributed by atoms with Gasteiger partial charge in [-0.2, -0.15) is 0 Å². The average molecular weight is 320 g/mol. The molecule has 118 valence electrons. The Kier molecular flexibility index (Phi) is 7.47. The van der Waals surface area contributed by atoms with Gasteiger partial charge in [0.2, 0.25) is 0 Å². The van der Waals surface area contributed by atoms with E-state index in [2.05, 4.69) is 0 Å². The maximum absolute atomic E-state index is 12.4. The highest BCUT2D eigenvalue weighted by atomic mass is 35.5. The molecule has 0 saturated carbocycles. The van der Waals surface area contributed by atoms with Crippen LogP contribution in [0.1, 0.15) is 29.8 Å². The molecule has 0 aliphatic carbocycles. The van der Waals surface area contributed by atoms with Crippen LogP contribution in [0, 0.1) is 0 Å². The Bertz CT molecular complexity index is 579. The standard InChI is InChI=1S/C16H16ClNO2.C2H6/c1-18(14-7-9-15(20-2)10-8-14)16(19)13-5-3-12(11-17)4-6-13;1-2/h3-10H,11H2,1-2H3;1-2H3. The summed E-state index contributed by atoms with van der Waals surface area (Å²) in [4.78, 5) is 14.0. The van der Waals surface area contributed by atoms with Crippen molar-refractivity contribution in [3.05, 3.63) is 59.7 Å². The zero-order valence-electron chi connectivity index (χ0n) is 13.5. The molecule has 2 rings (SSSR count). The lowest BCUT2D eigenvalue weighted by molar-refractivity contribution is 0.0993. The zero-order valence-corrected chi connectivity index (χ0v) is 14.2. The SMILES string of the molecule is CC.COc1ccc(N(C)C(=O)c2ccc(CCl)cc2)cc1. The molecule has 0 fully saturated rings. The predicted molar refractivity (Wildman–Crippen MR) is 93.1 cm³/mol. The molecule has 0 radical (unpaired) electrons. The minimum Gasteiger partial charge on any atom is -0.497 e. The number of ether oxygens (including phenoxy) is 1. The Morgan fingerprint density at radius 3 is 2.05 bits per heavy atom. The predicted octanol–water partition coefficient (Wildman–Crippen LogP) is 4.74. The minimum absolute atomic E-state index is 0.0590. The van der Waals surface area contributed by atoms with Crippen molar-refractivity contribution >= 4 is 23.2 Å². The minimum atomic E-state index is -0.0590. The van der Waals surface area contributed by atoms with Gasteiger partial charge >= 0.3 is 0 Å². The van der Waals surface area contributed by atoms with Crippen molar-refractivity contribution in [3.8, 4) is 5.75 Å². The Hall–Kier alpha value is -2.00. The first kappa shape index (κ1) is 18.1. The average Bonchev–Trinajstić information content (AvgIpc) is 2.62. The number of hydrogen-bond acceptors (Lipinski definition) is 2. The number of carbonyl (C=O) groups is 1. The molecule has 2 aromatic carbocycles. The monoisotopic (exact) mass is 319 g/mol. The van der Waals surface area contributed by atoms with Crippen molar-refractivity contribution < 1.29 is 9.53 Å². The van der Waals surface area contributed by atoms with Crippen LogP contribution >= 0.6 is 11.6 Å². The molecule has 1 amide bonds. The second-order valence-electron chi connectivity index (χ2n) is 4.39. The third-order valence-electron chi connectivity index (χ3n) is 3.12. The largest absolute Gasteiger partial charge is 0.497 e. The second-order valence-corrected chi connectivity index (χ2v) is 4.66. The Morgan fingerprint density at radius 2 is 1.59 bits per heavy atom. The molecular formula is C18H22ClNO2. The highest BCUT2D eigenvalue weighted by Gasteiger charge is 2.13. The van der Waals surface area contributed by atoms with E-state index in [1.165, 1.54) is 0 Å². The Balaban J connectivity index is 0.00000116. The molecule has 0 N–H and O–H groups in total. The van der Waals surface area contributed by atoms with Gasteiger partial charge in [-0.15, -0.1) is 11.6 Å². The van der Waals surface area contributed by atoms with Gasteiger partial charge in [0, 0.05) is 24.2 Å². The molecular weight excluding hydrogens is 298 g/mol. The van der Waals surface area contributed by atoms with Crippen molar-refractivity contribution in [2.24, 2.45) is 0 Å². The summed E-state index contributed by atoms with van der Waals surface area (Å²) >= 11 is 5.74. The maximum atomic E-state index is 12.4. The number of anilines is 1. The van der Waals surface area contributed by atoms with Crippen molar-refractivity contribution in [1.29, 1.82) is 0 Å². The fraction of sp³-hybridized carbons (Fsp3) is 0.278. The van der Waals surface area contributed by atoms with Crippen LogP contribution in [0.15, 0.2) is 48.5 Å². The third kappa shape index (κ3) is 4.50. The van der Waals surface area contributed by atoms with E-state index < -0.39 is 0 Å². The number of amides is 1. The first-order valence-corrected chi connectivity index (χ1v) is 7.76. The van der Waals surface area contributed by atoms with Crippen LogP contribution in [0.3, 0.4) is 0 Å². The van der Waals surface area contributed by atoms with Crippen LogP contribution in [0.25, 0.3) is 0 Å². The molecule has 0 aliphatic rings. The van der Waals surface area contributed by atoms with Gasteiger partial charge in [0.1, 0.15) is 5.75 Å². The molecule has 0 aromatic heterocycles. The molecule has 0 saturated heterocycles. The van der Waals surface area contributed by atoms with E-state index in [-0.39, 0.29) is 5.91 Å². The molecule has 2 aromatic rings. The van der Waals surface area contributed by atoms with E-state index in [0.717, 1.165) is 17.0 Å². The van der Waals surface area contributed by atoms with Gasteiger partial charge in [0.15, 0.2) is 0 Å². The summed E-state index contributed by atoms with van der Waals surface area (Å²) in [6.45, 7) is 4.00. The number of hydrogen-bond donors (Lipinski definition) is 0.